The Labute approximate surface area is 176 Å². The normalized spacial score (nSPS) is 11.3. The topological polar surface area (TPSA) is 94.0 Å². The molecule has 31 heavy (non-hydrogen) atoms. The van der Waals surface area contributed by atoms with Crippen molar-refractivity contribution in [1.82, 2.24) is 25.1 Å². The first-order chi connectivity index (χ1) is 14.6. The fourth-order valence-electron chi connectivity index (χ4n) is 2.89. The summed E-state index contributed by atoms with van der Waals surface area (Å²) in [5, 5.41) is 10.2. The number of hydrogen-bond acceptors (Lipinski definition) is 6. The average molecular weight is 434 g/mol. The van der Waals surface area contributed by atoms with Crippen LogP contribution in [0.15, 0.2) is 36.4 Å². The van der Waals surface area contributed by atoms with E-state index in [2.05, 4.69) is 30.4 Å². The molecule has 0 fully saturated rings. The summed E-state index contributed by atoms with van der Waals surface area (Å²) in [4.78, 5) is 20.9. The third-order valence-corrected chi connectivity index (χ3v) is 4.12. The number of hydrogen-bond donors (Lipinski definition) is 2. The Morgan fingerprint density at radius 2 is 1.77 bits per heavy atom. The molecule has 2 heterocycles. The van der Waals surface area contributed by atoms with Crippen LogP contribution in [-0.4, -0.2) is 45.1 Å². The number of carbonyl (C=O) groups excluding carboxylic acids is 1. The van der Waals surface area contributed by atoms with Gasteiger partial charge < -0.3 is 15.4 Å². The van der Waals surface area contributed by atoms with Crippen molar-refractivity contribution in [2.45, 2.75) is 27.1 Å². The summed E-state index contributed by atoms with van der Waals surface area (Å²) in [7, 11) is 0. The summed E-state index contributed by atoms with van der Waals surface area (Å²) >= 11 is 0. The van der Waals surface area contributed by atoms with E-state index in [0.29, 0.717) is 24.0 Å². The number of carbonyl (C=O) groups is 1. The third kappa shape index (κ3) is 6.17. The molecule has 0 spiro atoms. The lowest BCUT2D eigenvalue weighted by atomic mass is 10.2. The van der Waals surface area contributed by atoms with Gasteiger partial charge >= 0.3 is 6.36 Å². The Hall–Kier alpha value is -3.63. The summed E-state index contributed by atoms with van der Waals surface area (Å²) in [6.07, 6.45) is -4.77. The SMILES string of the molecule is Cc1cc(C)n(-c2cc(NCCNC(=O)c3ccc(OC(F)(F)F)cc3)nc(C)n2)n1. The molecular weight excluding hydrogens is 413 g/mol. The zero-order valence-corrected chi connectivity index (χ0v) is 17.1. The number of anilines is 1. The molecule has 11 heteroatoms. The van der Waals surface area contributed by atoms with Gasteiger partial charge in [0.25, 0.3) is 5.91 Å². The Bertz CT molecular complexity index is 1060. The van der Waals surface area contributed by atoms with Gasteiger partial charge in [-0.15, -0.1) is 13.2 Å². The maximum absolute atomic E-state index is 12.2. The van der Waals surface area contributed by atoms with Crippen molar-refractivity contribution in [3.63, 3.8) is 0 Å². The van der Waals surface area contributed by atoms with E-state index in [-0.39, 0.29) is 17.9 Å². The van der Waals surface area contributed by atoms with Crippen LogP contribution in [0.2, 0.25) is 0 Å². The molecule has 2 N–H and O–H groups in total. The molecule has 3 aromatic rings. The minimum atomic E-state index is -4.77. The van der Waals surface area contributed by atoms with Crippen molar-refractivity contribution < 1.29 is 22.7 Å². The smallest absolute Gasteiger partial charge is 0.406 e. The molecule has 0 saturated carbocycles. The summed E-state index contributed by atoms with van der Waals surface area (Å²) in [5.74, 6) is 0.979. The van der Waals surface area contributed by atoms with Gasteiger partial charge in [0.05, 0.1) is 5.69 Å². The lowest BCUT2D eigenvalue weighted by Gasteiger charge is -2.11. The second kappa shape index (κ2) is 9.02. The Morgan fingerprint density at radius 1 is 1.06 bits per heavy atom. The molecule has 1 amide bonds. The zero-order chi connectivity index (χ0) is 22.6. The van der Waals surface area contributed by atoms with E-state index >= 15 is 0 Å². The molecule has 164 valence electrons. The van der Waals surface area contributed by atoms with Gasteiger partial charge in [-0.05, 0) is 51.1 Å². The Balaban J connectivity index is 1.54. The number of halogens is 3. The molecule has 2 aromatic heterocycles. The molecule has 0 bridgehead atoms. The van der Waals surface area contributed by atoms with E-state index in [9.17, 15) is 18.0 Å². The van der Waals surface area contributed by atoms with Crippen molar-refractivity contribution in [1.29, 1.82) is 0 Å². The number of ether oxygens (including phenoxy) is 1. The Morgan fingerprint density at radius 3 is 2.39 bits per heavy atom. The average Bonchev–Trinajstić information content (AvgIpc) is 3.02. The van der Waals surface area contributed by atoms with Crippen LogP contribution in [0, 0.1) is 20.8 Å². The number of aryl methyl sites for hydroxylation is 3. The van der Waals surface area contributed by atoms with E-state index in [1.54, 1.807) is 17.7 Å². The predicted octanol–water partition coefficient (Wildman–Crippen LogP) is 3.33. The first-order valence-electron chi connectivity index (χ1n) is 9.38. The first-order valence-corrected chi connectivity index (χ1v) is 9.38. The van der Waals surface area contributed by atoms with E-state index in [0.717, 1.165) is 23.5 Å². The highest BCUT2D eigenvalue weighted by atomic mass is 19.4. The van der Waals surface area contributed by atoms with Crippen molar-refractivity contribution >= 4 is 11.7 Å². The van der Waals surface area contributed by atoms with Crippen LogP contribution < -0.4 is 15.4 Å². The number of nitrogens with one attached hydrogen (secondary N) is 2. The lowest BCUT2D eigenvalue weighted by molar-refractivity contribution is -0.274. The zero-order valence-electron chi connectivity index (χ0n) is 17.1. The molecule has 0 aliphatic carbocycles. The van der Waals surface area contributed by atoms with Crippen molar-refractivity contribution in [3.8, 4) is 11.6 Å². The molecule has 0 unspecified atom stereocenters. The molecule has 0 aliphatic heterocycles. The molecule has 3 rings (SSSR count). The van der Waals surface area contributed by atoms with Gasteiger partial charge in [0.2, 0.25) is 0 Å². The van der Waals surface area contributed by atoms with Crippen molar-refractivity contribution in [3.05, 3.63) is 59.2 Å². The van der Waals surface area contributed by atoms with Gasteiger partial charge in [-0.3, -0.25) is 4.79 Å². The highest BCUT2D eigenvalue weighted by Crippen LogP contribution is 2.22. The minimum absolute atomic E-state index is 0.221. The quantitative estimate of drug-likeness (QED) is 0.554. The number of alkyl halides is 3. The first kappa shape index (κ1) is 22.1. The monoisotopic (exact) mass is 434 g/mol. The molecular formula is C20H21F3N6O2. The fraction of sp³-hybridized carbons (Fsp3) is 0.300. The van der Waals surface area contributed by atoms with Crippen LogP contribution in [0.25, 0.3) is 5.82 Å². The number of nitrogens with zero attached hydrogens (tertiary/aromatic N) is 4. The summed E-state index contributed by atoms with van der Waals surface area (Å²) in [6.45, 7) is 6.26. The minimum Gasteiger partial charge on any atom is -0.406 e. The summed E-state index contributed by atoms with van der Waals surface area (Å²) in [6, 6.07) is 8.40. The van der Waals surface area contributed by atoms with Gasteiger partial charge in [-0.1, -0.05) is 0 Å². The maximum Gasteiger partial charge on any atom is 0.573 e. The van der Waals surface area contributed by atoms with Gasteiger partial charge in [0.15, 0.2) is 5.82 Å². The largest absolute Gasteiger partial charge is 0.573 e. The molecule has 0 saturated heterocycles. The second-order valence-corrected chi connectivity index (χ2v) is 6.75. The van der Waals surface area contributed by atoms with E-state index < -0.39 is 12.3 Å². The van der Waals surface area contributed by atoms with Crippen molar-refractivity contribution in [2.75, 3.05) is 18.4 Å². The maximum atomic E-state index is 12.2. The predicted molar refractivity (Wildman–Crippen MR) is 107 cm³/mol. The number of amides is 1. The number of rotatable bonds is 7. The molecule has 0 radical (unpaired) electrons. The highest BCUT2D eigenvalue weighted by molar-refractivity contribution is 5.94. The number of benzene rings is 1. The molecule has 0 aliphatic rings. The van der Waals surface area contributed by atoms with E-state index in [1.807, 2.05) is 19.9 Å². The fourth-order valence-corrected chi connectivity index (χ4v) is 2.89. The van der Waals surface area contributed by atoms with Crippen LogP contribution in [0.4, 0.5) is 19.0 Å². The third-order valence-electron chi connectivity index (χ3n) is 4.12. The Kier molecular flexibility index (Phi) is 6.42. The van der Waals surface area contributed by atoms with Crippen LogP contribution >= 0.6 is 0 Å². The van der Waals surface area contributed by atoms with Crippen LogP contribution in [0.3, 0.4) is 0 Å². The van der Waals surface area contributed by atoms with Crippen LogP contribution in [0.1, 0.15) is 27.6 Å². The summed E-state index contributed by atoms with van der Waals surface area (Å²) in [5.41, 5.74) is 2.05. The van der Waals surface area contributed by atoms with Gasteiger partial charge in [-0.25, -0.2) is 14.6 Å². The van der Waals surface area contributed by atoms with Crippen LogP contribution in [-0.2, 0) is 0 Å². The van der Waals surface area contributed by atoms with Gasteiger partial charge in [0, 0.05) is 30.4 Å². The molecule has 1 aromatic carbocycles. The van der Waals surface area contributed by atoms with Crippen molar-refractivity contribution in [2.24, 2.45) is 0 Å². The van der Waals surface area contributed by atoms with Gasteiger partial charge in [0.1, 0.15) is 17.4 Å². The second-order valence-electron chi connectivity index (χ2n) is 6.75. The summed E-state index contributed by atoms with van der Waals surface area (Å²) < 4.78 is 42.1. The number of aromatic nitrogens is 4. The molecule has 8 nitrogen and oxygen atoms in total. The van der Waals surface area contributed by atoms with Crippen LogP contribution in [0.5, 0.6) is 5.75 Å². The van der Waals surface area contributed by atoms with Gasteiger partial charge in [-0.2, -0.15) is 5.10 Å². The van der Waals surface area contributed by atoms with E-state index in [1.165, 1.54) is 12.1 Å². The highest BCUT2D eigenvalue weighted by Gasteiger charge is 2.31. The lowest BCUT2D eigenvalue weighted by Crippen LogP contribution is -2.29. The standard InChI is InChI=1S/C20H21F3N6O2/c1-12-10-13(2)29(28-12)18-11-17(26-14(3)27-18)24-8-9-25-19(30)15-4-6-16(7-5-15)31-20(21,22)23/h4-7,10-11H,8-9H2,1-3H3,(H,25,30)(H,24,26,27). The van der Waals surface area contributed by atoms with E-state index in [4.69, 9.17) is 0 Å². The molecule has 0 atom stereocenters.